The maximum absolute atomic E-state index is 13.5. The van der Waals surface area contributed by atoms with Crippen molar-refractivity contribution in [2.24, 2.45) is 0 Å². The van der Waals surface area contributed by atoms with Crippen LogP contribution in [0.25, 0.3) is 10.9 Å². The largest absolute Gasteiger partial charge is 0.505 e. The minimum absolute atomic E-state index is 0.0574. The zero-order valence-electron chi connectivity index (χ0n) is 17.0. The molecule has 0 spiro atoms. The number of likely N-dealkylation sites (N-methyl/N-ethyl adjacent to an activating group) is 1. The van der Waals surface area contributed by atoms with E-state index in [9.17, 15) is 23.9 Å². The van der Waals surface area contributed by atoms with Gasteiger partial charge in [0.15, 0.2) is 17.1 Å². The van der Waals surface area contributed by atoms with Crippen molar-refractivity contribution in [3.05, 3.63) is 56.3 Å². The van der Waals surface area contributed by atoms with Crippen LogP contribution in [0.5, 0.6) is 5.75 Å². The van der Waals surface area contributed by atoms with Gasteiger partial charge in [-0.3, -0.25) is 14.4 Å². The quantitative estimate of drug-likeness (QED) is 0.656. The molecular weight excluding hydrogens is 429 g/mol. The lowest BCUT2D eigenvalue weighted by Gasteiger charge is -2.25. The van der Waals surface area contributed by atoms with Crippen LogP contribution >= 0.6 is 11.6 Å². The SMILES string of the molecule is CN(C)C(=O)c1nn(Cc2ccc(F)c(Cl)c2)c(=O)c2c(O)c3n(c12)CCN(C)C3=O. The molecule has 0 radical (unpaired) electrons. The number of fused-ring (bicyclic) bond motifs is 3. The number of benzene rings is 1. The first-order valence-corrected chi connectivity index (χ1v) is 9.77. The highest BCUT2D eigenvalue weighted by Gasteiger charge is 2.34. The van der Waals surface area contributed by atoms with Gasteiger partial charge in [0, 0.05) is 34.2 Å². The van der Waals surface area contributed by atoms with Crippen LogP contribution in [-0.2, 0) is 13.1 Å². The Kier molecular flexibility index (Phi) is 4.97. The van der Waals surface area contributed by atoms with Crippen molar-refractivity contribution in [3.8, 4) is 5.75 Å². The number of nitrogens with zero attached hydrogens (tertiary/aromatic N) is 5. The number of amides is 2. The highest BCUT2D eigenvalue weighted by Crippen LogP contribution is 2.34. The molecule has 0 unspecified atom stereocenters. The average molecular weight is 448 g/mol. The predicted octanol–water partition coefficient (Wildman–Crippen LogP) is 1.53. The molecule has 1 aliphatic rings. The van der Waals surface area contributed by atoms with E-state index in [0.717, 1.165) is 10.7 Å². The highest BCUT2D eigenvalue weighted by molar-refractivity contribution is 6.30. The number of carbonyl (C=O) groups is 2. The topological polar surface area (TPSA) is 101 Å². The molecule has 1 aliphatic heterocycles. The van der Waals surface area contributed by atoms with Crippen LogP contribution in [0.2, 0.25) is 5.02 Å². The molecule has 0 aliphatic carbocycles. The summed E-state index contributed by atoms with van der Waals surface area (Å²) in [5, 5.41) is 14.8. The first kappa shape index (κ1) is 20.9. The molecular formula is C20H19ClFN5O4. The molecule has 2 amide bonds. The summed E-state index contributed by atoms with van der Waals surface area (Å²) in [4.78, 5) is 41.5. The van der Waals surface area contributed by atoms with E-state index in [-0.39, 0.29) is 33.9 Å². The first-order chi connectivity index (χ1) is 14.6. The third kappa shape index (κ3) is 3.23. The van der Waals surface area contributed by atoms with E-state index in [1.54, 1.807) is 7.05 Å². The summed E-state index contributed by atoms with van der Waals surface area (Å²) < 4.78 is 16.0. The number of hydrogen-bond acceptors (Lipinski definition) is 5. The van der Waals surface area contributed by atoms with Crippen LogP contribution in [-0.4, -0.2) is 68.8 Å². The minimum atomic E-state index is -0.680. The Labute approximate surface area is 180 Å². The van der Waals surface area contributed by atoms with Crippen molar-refractivity contribution in [2.75, 3.05) is 27.7 Å². The Morgan fingerprint density at radius 2 is 2.00 bits per heavy atom. The summed E-state index contributed by atoms with van der Waals surface area (Å²) in [6, 6.07) is 3.96. The molecule has 31 heavy (non-hydrogen) atoms. The lowest BCUT2D eigenvalue weighted by Crippen LogP contribution is -2.37. The monoisotopic (exact) mass is 447 g/mol. The second-order valence-electron chi connectivity index (χ2n) is 7.56. The van der Waals surface area contributed by atoms with Gasteiger partial charge in [-0.15, -0.1) is 0 Å². The number of carbonyl (C=O) groups excluding carboxylic acids is 2. The van der Waals surface area contributed by atoms with E-state index in [2.05, 4.69) is 5.10 Å². The number of aromatic hydroxyl groups is 1. The maximum atomic E-state index is 13.5. The minimum Gasteiger partial charge on any atom is -0.505 e. The molecule has 11 heteroatoms. The summed E-state index contributed by atoms with van der Waals surface area (Å²) in [5.41, 5.74) is -0.223. The zero-order chi connectivity index (χ0) is 22.6. The van der Waals surface area contributed by atoms with Crippen molar-refractivity contribution < 1.29 is 19.1 Å². The second-order valence-corrected chi connectivity index (χ2v) is 7.97. The van der Waals surface area contributed by atoms with Crippen molar-refractivity contribution in [3.63, 3.8) is 0 Å². The van der Waals surface area contributed by atoms with Crippen LogP contribution in [0, 0.1) is 5.82 Å². The fourth-order valence-electron chi connectivity index (χ4n) is 3.64. The Bertz CT molecular complexity index is 1310. The van der Waals surface area contributed by atoms with Gasteiger partial charge in [-0.05, 0) is 17.7 Å². The van der Waals surface area contributed by atoms with Gasteiger partial charge in [0.1, 0.15) is 11.2 Å². The third-order valence-corrected chi connectivity index (χ3v) is 5.55. The Morgan fingerprint density at radius 3 is 2.65 bits per heavy atom. The molecule has 9 nitrogen and oxygen atoms in total. The van der Waals surface area contributed by atoms with E-state index in [1.165, 1.54) is 40.6 Å². The summed E-state index contributed by atoms with van der Waals surface area (Å²) in [6.07, 6.45) is 0. The summed E-state index contributed by atoms with van der Waals surface area (Å²) in [6.45, 7) is 0.527. The zero-order valence-corrected chi connectivity index (χ0v) is 17.8. The van der Waals surface area contributed by atoms with E-state index in [0.29, 0.717) is 18.7 Å². The van der Waals surface area contributed by atoms with E-state index in [1.807, 2.05) is 0 Å². The number of halogens is 2. The van der Waals surface area contributed by atoms with Gasteiger partial charge in [-0.2, -0.15) is 5.10 Å². The Morgan fingerprint density at radius 1 is 1.29 bits per heavy atom. The molecule has 0 bridgehead atoms. The highest BCUT2D eigenvalue weighted by atomic mass is 35.5. The van der Waals surface area contributed by atoms with Gasteiger partial charge in [0.05, 0.1) is 17.1 Å². The number of aromatic nitrogens is 3. The van der Waals surface area contributed by atoms with Crippen molar-refractivity contribution in [2.45, 2.75) is 13.1 Å². The van der Waals surface area contributed by atoms with E-state index in [4.69, 9.17) is 11.6 Å². The molecule has 1 N–H and O–H groups in total. The average Bonchev–Trinajstić information content (AvgIpc) is 3.02. The van der Waals surface area contributed by atoms with E-state index >= 15 is 0 Å². The van der Waals surface area contributed by atoms with Gasteiger partial charge < -0.3 is 19.5 Å². The van der Waals surface area contributed by atoms with Crippen LogP contribution in [0.1, 0.15) is 26.5 Å². The molecule has 0 atom stereocenters. The lowest BCUT2D eigenvalue weighted by atomic mass is 10.2. The smallest absolute Gasteiger partial charge is 0.280 e. The first-order valence-electron chi connectivity index (χ1n) is 9.39. The van der Waals surface area contributed by atoms with Gasteiger partial charge >= 0.3 is 0 Å². The molecule has 4 rings (SSSR count). The van der Waals surface area contributed by atoms with Gasteiger partial charge in [-0.25, -0.2) is 9.07 Å². The molecule has 0 saturated heterocycles. The Balaban J connectivity index is 2.01. The molecule has 162 valence electrons. The standard InChI is InChI=1S/C20H19ClFN5O4/c1-24(2)19(30)14-15-13(17(28)16-20(31)25(3)6-7-26(15)16)18(29)27(23-14)9-10-4-5-12(22)11(21)8-10/h4-5,8,28H,6-7,9H2,1-3H3. The van der Waals surface area contributed by atoms with Crippen LogP contribution in [0.15, 0.2) is 23.0 Å². The second kappa shape index (κ2) is 7.38. The van der Waals surface area contributed by atoms with Crippen LogP contribution in [0.4, 0.5) is 4.39 Å². The Hall–Kier alpha value is -3.40. The normalized spacial score (nSPS) is 13.6. The van der Waals surface area contributed by atoms with Gasteiger partial charge in [0.2, 0.25) is 0 Å². The van der Waals surface area contributed by atoms with Gasteiger partial charge in [0.25, 0.3) is 17.4 Å². The summed E-state index contributed by atoms with van der Waals surface area (Å²) in [7, 11) is 4.65. The fraction of sp³-hybridized carbons (Fsp3) is 0.300. The molecule has 3 heterocycles. The molecule has 1 aromatic carbocycles. The predicted molar refractivity (Wildman–Crippen MR) is 111 cm³/mol. The maximum Gasteiger partial charge on any atom is 0.280 e. The fourth-order valence-corrected chi connectivity index (χ4v) is 3.85. The molecule has 3 aromatic rings. The lowest BCUT2D eigenvalue weighted by molar-refractivity contribution is 0.0744. The third-order valence-electron chi connectivity index (χ3n) is 5.26. The summed E-state index contributed by atoms with van der Waals surface area (Å²) >= 11 is 5.83. The van der Waals surface area contributed by atoms with Crippen molar-refractivity contribution >= 4 is 34.3 Å². The van der Waals surface area contributed by atoms with Crippen molar-refractivity contribution in [1.82, 2.24) is 24.1 Å². The van der Waals surface area contributed by atoms with Crippen LogP contribution in [0.3, 0.4) is 0 Å². The number of rotatable bonds is 3. The van der Waals surface area contributed by atoms with Crippen molar-refractivity contribution in [1.29, 1.82) is 0 Å². The van der Waals surface area contributed by atoms with Gasteiger partial charge in [-0.1, -0.05) is 17.7 Å². The van der Waals surface area contributed by atoms with Crippen LogP contribution < -0.4 is 5.56 Å². The number of hydrogen-bond donors (Lipinski definition) is 1. The molecule has 0 saturated carbocycles. The summed E-state index contributed by atoms with van der Waals surface area (Å²) in [5.74, 6) is -2.05. The molecule has 2 aromatic heterocycles. The molecule has 0 fully saturated rings. The van der Waals surface area contributed by atoms with E-state index < -0.39 is 28.9 Å².